The highest BCUT2D eigenvalue weighted by Crippen LogP contribution is 2.11. The molecule has 0 fully saturated rings. The number of carbonyl (C=O) groups excluding carboxylic acids is 2. The number of carboxylic acids is 1. The molecule has 0 heterocycles. The lowest BCUT2D eigenvalue weighted by molar-refractivity contribution is -0.149. The number of ketones is 1. The number of aldehydes is 1. The summed E-state index contributed by atoms with van der Waals surface area (Å²) >= 11 is 0. The Hall–Kier alpha value is -1.19. The Morgan fingerprint density at radius 2 is 2.08 bits per heavy atom. The van der Waals surface area contributed by atoms with Crippen LogP contribution < -0.4 is 0 Å². The van der Waals surface area contributed by atoms with Crippen LogP contribution in [0.1, 0.15) is 26.2 Å². The van der Waals surface area contributed by atoms with Crippen LogP contribution in [0.2, 0.25) is 0 Å². The maximum absolute atomic E-state index is 10.7. The van der Waals surface area contributed by atoms with Crippen LogP contribution >= 0.6 is 0 Å². The van der Waals surface area contributed by atoms with E-state index in [1.807, 2.05) is 6.92 Å². The summed E-state index contributed by atoms with van der Waals surface area (Å²) in [5.41, 5.74) is 0. The zero-order valence-electron chi connectivity index (χ0n) is 6.95. The van der Waals surface area contributed by atoms with Crippen LogP contribution in [0.4, 0.5) is 0 Å². The van der Waals surface area contributed by atoms with E-state index in [0.29, 0.717) is 12.7 Å². The smallest absolute Gasteiger partial charge is 0.372 e. The molecule has 0 saturated heterocycles. The van der Waals surface area contributed by atoms with Gasteiger partial charge in [-0.1, -0.05) is 13.3 Å². The van der Waals surface area contributed by atoms with Crippen molar-refractivity contribution < 1.29 is 19.5 Å². The summed E-state index contributed by atoms with van der Waals surface area (Å²) in [6, 6.07) is 0. The molecule has 0 aromatic rings. The molecule has 4 heteroatoms. The first kappa shape index (κ1) is 10.8. The summed E-state index contributed by atoms with van der Waals surface area (Å²) in [5.74, 6) is -2.35. The largest absolute Gasteiger partial charge is 0.476 e. The number of rotatable bonds is 6. The monoisotopic (exact) mass is 172 g/mol. The van der Waals surface area contributed by atoms with Crippen LogP contribution in [0.3, 0.4) is 0 Å². The Morgan fingerprint density at radius 1 is 1.50 bits per heavy atom. The van der Waals surface area contributed by atoms with Gasteiger partial charge in [0, 0.05) is 12.8 Å². The van der Waals surface area contributed by atoms with Gasteiger partial charge in [0.05, 0.1) is 0 Å². The maximum Gasteiger partial charge on any atom is 0.372 e. The van der Waals surface area contributed by atoms with Crippen molar-refractivity contribution in [2.24, 2.45) is 5.92 Å². The predicted molar refractivity (Wildman–Crippen MR) is 41.7 cm³/mol. The van der Waals surface area contributed by atoms with Gasteiger partial charge in [0.2, 0.25) is 5.78 Å². The first-order chi connectivity index (χ1) is 5.61. The molecule has 0 aliphatic carbocycles. The molecule has 0 aromatic heterocycles. The van der Waals surface area contributed by atoms with Crippen LogP contribution in [0.5, 0.6) is 0 Å². The number of hydrogen-bond acceptors (Lipinski definition) is 3. The van der Waals surface area contributed by atoms with Crippen LogP contribution in [0.15, 0.2) is 0 Å². The molecular weight excluding hydrogens is 160 g/mol. The maximum atomic E-state index is 10.7. The molecule has 1 N–H and O–H groups in total. The summed E-state index contributed by atoms with van der Waals surface area (Å²) in [5, 5.41) is 8.26. The molecule has 1 atom stereocenters. The van der Waals surface area contributed by atoms with Crippen molar-refractivity contribution in [1.82, 2.24) is 0 Å². The molecular formula is C8H12O4. The Morgan fingerprint density at radius 3 is 2.42 bits per heavy atom. The highest BCUT2D eigenvalue weighted by atomic mass is 16.4. The van der Waals surface area contributed by atoms with E-state index in [4.69, 9.17) is 5.11 Å². The molecule has 0 rings (SSSR count). The van der Waals surface area contributed by atoms with E-state index in [1.165, 1.54) is 0 Å². The summed E-state index contributed by atoms with van der Waals surface area (Å²) < 4.78 is 0. The summed E-state index contributed by atoms with van der Waals surface area (Å²) in [4.78, 5) is 30.9. The van der Waals surface area contributed by atoms with Crippen molar-refractivity contribution in [3.8, 4) is 0 Å². The van der Waals surface area contributed by atoms with Crippen molar-refractivity contribution in [3.63, 3.8) is 0 Å². The molecule has 12 heavy (non-hydrogen) atoms. The Kier molecular flexibility index (Phi) is 4.92. The number of carbonyl (C=O) groups is 3. The van der Waals surface area contributed by atoms with E-state index in [1.54, 1.807) is 0 Å². The van der Waals surface area contributed by atoms with Gasteiger partial charge in [-0.25, -0.2) is 4.79 Å². The van der Waals surface area contributed by atoms with Crippen LogP contribution in [-0.4, -0.2) is 23.1 Å². The minimum Gasteiger partial charge on any atom is -0.476 e. The van der Waals surface area contributed by atoms with Gasteiger partial charge in [0.25, 0.3) is 0 Å². The molecule has 0 aliphatic heterocycles. The lowest BCUT2D eigenvalue weighted by atomic mass is 9.97. The fraction of sp³-hybridized carbons (Fsp3) is 0.625. The first-order valence-electron chi connectivity index (χ1n) is 3.81. The molecule has 0 aromatic carbocycles. The van der Waals surface area contributed by atoms with E-state index in [2.05, 4.69) is 0 Å². The summed E-state index contributed by atoms with van der Waals surface area (Å²) in [6.45, 7) is 1.82. The third kappa shape index (κ3) is 3.85. The van der Waals surface area contributed by atoms with Gasteiger partial charge in [-0.2, -0.15) is 0 Å². The quantitative estimate of drug-likeness (QED) is 0.471. The van der Waals surface area contributed by atoms with Crippen molar-refractivity contribution >= 4 is 18.0 Å². The highest BCUT2D eigenvalue weighted by molar-refractivity contribution is 6.32. The number of aliphatic carboxylic acids is 1. The molecule has 0 radical (unpaired) electrons. The molecule has 0 saturated carbocycles. The SMILES string of the molecule is CCC(CC=O)CC(=O)C(=O)O. The number of hydrogen-bond donors (Lipinski definition) is 1. The lowest BCUT2D eigenvalue weighted by Crippen LogP contribution is -2.17. The molecule has 0 bridgehead atoms. The average molecular weight is 172 g/mol. The van der Waals surface area contributed by atoms with E-state index >= 15 is 0 Å². The lowest BCUT2D eigenvalue weighted by Gasteiger charge is -2.07. The Balaban J connectivity index is 3.93. The highest BCUT2D eigenvalue weighted by Gasteiger charge is 2.16. The van der Waals surface area contributed by atoms with Gasteiger partial charge in [0.1, 0.15) is 6.29 Å². The molecule has 4 nitrogen and oxygen atoms in total. The van der Waals surface area contributed by atoms with Crippen LogP contribution in [0.25, 0.3) is 0 Å². The third-order valence-corrected chi connectivity index (χ3v) is 1.72. The van der Waals surface area contributed by atoms with Crippen LogP contribution in [0, 0.1) is 5.92 Å². The van der Waals surface area contributed by atoms with Crippen molar-refractivity contribution in [3.05, 3.63) is 0 Å². The van der Waals surface area contributed by atoms with E-state index in [9.17, 15) is 14.4 Å². The van der Waals surface area contributed by atoms with Gasteiger partial charge in [-0.15, -0.1) is 0 Å². The predicted octanol–water partition coefficient (Wildman–Crippen LogP) is 0.645. The minimum absolute atomic E-state index is 0.0371. The van der Waals surface area contributed by atoms with E-state index < -0.39 is 11.8 Å². The second-order valence-corrected chi connectivity index (χ2v) is 2.61. The average Bonchev–Trinajstić information content (AvgIpc) is 2.03. The zero-order valence-corrected chi connectivity index (χ0v) is 6.95. The van der Waals surface area contributed by atoms with E-state index in [0.717, 1.165) is 0 Å². The topological polar surface area (TPSA) is 71.4 Å². The molecule has 0 amide bonds. The van der Waals surface area contributed by atoms with Gasteiger partial charge in [-0.3, -0.25) is 4.79 Å². The van der Waals surface area contributed by atoms with E-state index in [-0.39, 0.29) is 18.8 Å². The van der Waals surface area contributed by atoms with Gasteiger partial charge < -0.3 is 9.90 Å². The Labute approximate surface area is 70.6 Å². The molecule has 1 unspecified atom stereocenters. The Bertz CT molecular complexity index is 185. The first-order valence-corrected chi connectivity index (χ1v) is 3.81. The molecule has 0 aliphatic rings. The van der Waals surface area contributed by atoms with Crippen molar-refractivity contribution in [2.75, 3.05) is 0 Å². The second kappa shape index (κ2) is 5.46. The standard InChI is InChI=1S/C8H12O4/c1-2-6(3-4-9)5-7(10)8(11)12/h4,6H,2-3,5H2,1H3,(H,11,12). The van der Waals surface area contributed by atoms with Crippen molar-refractivity contribution in [2.45, 2.75) is 26.2 Å². The summed E-state index contributed by atoms with van der Waals surface area (Å²) in [7, 11) is 0. The second-order valence-electron chi connectivity index (χ2n) is 2.61. The normalized spacial score (nSPS) is 12.1. The van der Waals surface area contributed by atoms with Crippen molar-refractivity contribution in [1.29, 1.82) is 0 Å². The molecule has 68 valence electrons. The summed E-state index contributed by atoms with van der Waals surface area (Å²) in [6.07, 6.45) is 1.58. The minimum atomic E-state index is -1.42. The van der Waals surface area contributed by atoms with Gasteiger partial charge in [0.15, 0.2) is 0 Å². The number of carboxylic acid groups (broad SMARTS) is 1. The third-order valence-electron chi connectivity index (χ3n) is 1.72. The fourth-order valence-corrected chi connectivity index (χ4v) is 0.880. The molecule has 0 spiro atoms. The van der Waals surface area contributed by atoms with Crippen LogP contribution in [-0.2, 0) is 14.4 Å². The van der Waals surface area contributed by atoms with Gasteiger partial charge in [-0.05, 0) is 5.92 Å². The fourth-order valence-electron chi connectivity index (χ4n) is 0.880. The van der Waals surface area contributed by atoms with Gasteiger partial charge >= 0.3 is 5.97 Å². The zero-order chi connectivity index (χ0) is 9.56. The number of Topliss-reactive ketones (excluding diaryl/α,β-unsaturated/α-hetero) is 1.